The Balaban J connectivity index is 4.73. The molecule has 0 aromatic rings. The Morgan fingerprint density at radius 1 is 0.778 bits per heavy atom. The summed E-state index contributed by atoms with van der Waals surface area (Å²) in [5.74, 6) is 1.40. The van der Waals surface area contributed by atoms with E-state index in [1.54, 1.807) is 0 Å². The lowest BCUT2D eigenvalue weighted by molar-refractivity contribution is 0.641. The van der Waals surface area contributed by atoms with E-state index >= 15 is 0 Å². The van der Waals surface area contributed by atoms with Crippen molar-refractivity contribution < 1.29 is 0 Å². The van der Waals surface area contributed by atoms with Crippen LogP contribution in [-0.2, 0) is 0 Å². The molecule has 0 spiro atoms. The van der Waals surface area contributed by atoms with Gasteiger partial charge in [-0.3, -0.25) is 0 Å². The highest BCUT2D eigenvalue weighted by Gasteiger charge is 2.01. The number of allylic oxidation sites excluding steroid dienone is 6. The molecule has 0 radical (unpaired) electrons. The van der Waals surface area contributed by atoms with Crippen LogP contribution < -0.4 is 0 Å². The monoisotopic (exact) mass is 376 g/mol. The van der Waals surface area contributed by atoms with Crippen LogP contribution in [0.3, 0.4) is 0 Å². The van der Waals surface area contributed by atoms with Gasteiger partial charge in [0.15, 0.2) is 0 Å². The summed E-state index contributed by atoms with van der Waals surface area (Å²) in [6.07, 6.45) is 6.56. The van der Waals surface area contributed by atoms with Gasteiger partial charge >= 0.3 is 0 Å². The smallest absolute Gasteiger partial charge is 0.0164 e. The van der Waals surface area contributed by atoms with Crippen LogP contribution in [0.25, 0.3) is 0 Å². The van der Waals surface area contributed by atoms with Crippen LogP contribution in [0.1, 0.15) is 54.4 Å². The summed E-state index contributed by atoms with van der Waals surface area (Å²) >= 11 is 7.30. The maximum absolute atomic E-state index is 3.65. The molecule has 0 rings (SSSR count). The van der Waals surface area contributed by atoms with Crippen molar-refractivity contribution in [2.45, 2.75) is 54.4 Å². The fourth-order valence-electron chi connectivity index (χ4n) is 1.85. The SMILES string of the molecule is C\C(CC(C)C)=C(Br)/C=C/C(Br)=C(\C)CC(C)C. The Morgan fingerprint density at radius 3 is 1.28 bits per heavy atom. The predicted molar refractivity (Wildman–Crippen MR) is 91.3 cm³/mol. The summed E-state index contributed by atoms with van der Waals surface area (Å²) in [5.41, 5.74) is 2.81. The molecule has 2 heteroatoms. The van der Waals surface area contributed by atoms with Gasteiger partial charge in [-0.15, -0.1) is 0 Å². The Bertz CT molecular complexity index is 310. The van der Waals surface area contributed by atoms with Crippen molar-refractivity contribution in [1.82, 2.24) is 0 Å². The van der Waals surface area contributed by atoms with Crippen molar-refractivity contribution >= 4 is 31.9 Å². The molecule has 0 heterocycles. The third-order valence-electron chi connectivity index (χ3n) is 2.62. The molecule has 0 bridgehead atoms. The van der Waals surface area contributed by atoms with Gasteiger partial charge in [0.25, 0.3) is 0 Å². The summed E-state index contributed by atoms with van der Waals surface area (Å²) in [5, 5.41) is 0. The fourth-order valence-corrected chi connectivity index (χ4v) is 2.44. The van der Waals surface area contributed by atoms with E-state index in [2.05, 4.69) is 85.6 Å². The summed E-state index contributed by atoms with van der Waals surface area (Å²) < 4.78 is 2.40. The summed E-state index contributed by atoms with van der Waals surface area (Å²) in [6.45, 7) is 13.4. The zero-order chi connectivity index (χ0) is 14.3. The number of rotatable bonds is 6. The van der Waals surface area contributed by atoms with Gasteiger partial charge in [-0.1, -0.05) is 70.7 Å². The van der Waals surface area contributed by atoms with Gasteiger partial charge in [0.05, 0.1) is 0 Å². The van der Waals surface area contributed by atoms with Crippen LogP contribution >= 0.6 is 31.9 Å². The molecule has 104 valence electrons. The number of hydrogen-bond donors (Lipinski definition) is 0. The van der Waals surface area contributed by atoms with Crippen molar-refractivity contribution in [1.29, 1.82) is 0 Å². The molecule has 18 heavy (non-hydrogen) atoms. The summed E-state index contributed by atoms with van der Waals surface area (Å²) in [6, 6.07) is 0. The van der Waals surface area contributed by atoms with Crippen LogP contribution in [0.2, 0.25) is 0 Å². The first kappa shape index (κ1) is 18.2. The van der Waals surface area contributed by atoms with Crippen LogP contribution in [-0.4, -0.2) is 0 Å². The summed E-state index contributed by atoms with van der Waals surface area (Å²) in [4.78, 5) is 0. The van der Waals surface area contributed by atoms with Crippen molar-refractivity contribution in [2.24, 2.45) is 11.8 Å². The van der Waals surface area contributed by atoms with Crippen molar-refractivity contribution in [3.63, 3.8) is 0 Å². The molecular weight excluding hydrogens is 352 g/mol. The van der Waals surface area contributed by atoms with Gasteiger partial charge in [0, 0.05) is 8.96 Å². The molecule has 0 amide bonds. The van der Waals surface area contributed by atoms with Crippen LogP contribution in [0, 0.1) is 11.8 Å². The molecular formula is C16H26Br2. The normalized spacial score (nSPS) is 15.4. The first-order valence-corrected chi connectivity index (χ1v) is 8.21. The maximum atomic E-state index is 3.65. The van der Waals surface area contributed by atoms with Gasteiger partial charge in [0.2, 0.25) is 0 Å². The topological polar surface area (TPSA) is 0 Å². The van der Waals surface area contributed by atoms with E-state index in [4.69, 9.17) is 0 Å². The van der Waals surface area contributed by atoms with Gasteiger partial charge in [-0.05, 0) is 50.7 Å². The highest BCUT2D eigenvalue weighted by atomic mass is 79.9. The largest absolute Gasteiger partial charge is 0.0625 e. The van der Waals surface area contributed by atoms with E-state index in [1.165, 1.54) is 20.1 Å². The third-order valence-corrected chi connectivity index (χ3v) is 4.50. The Labute approximate surface area is 130 Å². The molecule has 0 fully saturated rings. The molecule has 0 aliphatic heterocycles. The van der Waals surface area contributed by atoms with E-state index in [1.807, 2.05) is 0 Å². The van der Waals surface area contributed by atoms with Crippen molar-refractivity contribution in [2.75, 3.05) is 0 Å². The Kier molecular flexibility index (Phi) is 9.23. The second kappa shape index (κ2) is 9.14. The lowest BCUT2D eigenvalue weighted by Crippen LogP contribution is -1.90. The predicted octanol–water partition coefficient (Wildman–Crippen LogP) is 6.97. The Morgan fingerprint density at radius 2 is 1.06 bits per heavy atom. The zero-order valence-corrected chi connectivity index (χ0v) is 15.7. The molecule has 0 atom stereocenters. The van der Waals surface area contributed by atoms with E-state index in [0.29, 0.717) is 11.8 Å². The summed E-state index contributed by atoms with van der Waals surface area (Å²) in [7, 11) is 0. The van der Waals surface area contributed by atoms with Gasteiger partial charge in [0.1, 0.15) is 0 Å². The number of hydrogen-bond acceptors (Lipinski definition) is 0. The fraction of sp³-hybridized carbons (Fsp3) is 0.625. The van der Waals surface area contributed by atoms with Gasteiger partial charge in [-0.25, -0.2) is 0 Å². The molecule has 0 aliphatic rings. The molecule has 0 aliphatic carbocycles. The molecule has 0 saturated carbocycles. The van der Waals surface area contributed by atoms with Crippen molar-refractivity contribution in [3.8, 4) is 0 Å². The van der Waals surface area contributed by atoms with E-state index < -0.39 is 0 Å². The van der Waals surface area contributed by atoms with Crippen LogP contribution in [0.4, 0.5) is 0 Å². The van der Waals surface area contributed by atoms with Gasteiger partial charge in [-0.2, -0.15) is 0 Å². The second-order valence-electron chi connectivity index (χ2n) is 5.79. The minimum Gasteiger partial charge on any atom is -0.0625 e. The molecule has 0 saturated heterocycles. The Hall–Kier alpha value is 0.180. The van der Waals surface area contributed by atoms with Crippen LogP contribution in [0.15, 0.2) is 32.3 Å². The first-order chi connectivity index (χ1) is 8.23. The van der Waals surface area contributed by atoms with E-state index in [0.717, 1.165) is 12.8 Å². The van der Waals surface area contributed by atoms with Crippen LogP contribution in [0.5, 0.6) is 0 Å². The quantitative estimate of drug-likeness (QED) is 0.438. The first-order valence-electron chi connectivity index (χ1n) is 6.62. The second-order valence-corrected chi connectivity index (χ2v) is 7.49. The highest BCUT2D eigenvalue weighted by molar-refractivity contribution is 9.12. The third kappa shape index (κ3) is 8.31. The molecule has 0 aromatic carbocycles. The number of halogens is 2. The van der Waals surface area contributed by atoms with E-state index in [9.17, 15) is 0 Å². The van der Waals surface area contributed by atoms with Gasteiger partial charge < -0.3 is 0 Å². The minimum atomic E-state index is 0.701. The average Bonchev–Trinajstić information content (AvgIpc) is 2.23. The lowest BCUT2D eigenvalue weighted by atomic mass is 10.0. The molecule has 0 N–H and O–H groups in total. The molecule has 0 aromatic heterocycles. The standard InChI is InChI=1S/C16H26Br2/c1-11(2)9-13(5)15(17)7-8-16(18)14(6)10-12(3)4/h7-8,11-12H,9-10H2,1-6H3/b8-7+,15-13-,16-14-. The molecule has 0 unspecified atom stereocenters. The lowest BCUT2D eigenvalue weighted by Gasteiger charge is -2.07. The van der Waals surface area contributed by atoms with E-state index in [-0.39, 0.29) is 0 Å². The highest BCUT2D eigenvalue weighted by Crippen LogP contribution is 2.24. The average molecular weight is 378 g/mol. The minimum absolute atomic E-state index is 0.701. The molecule has 0 nitrogen and oxygen atoms in total. The van der Waals surface area contributed by atoms with Crippen molar-refractivity contribution in [3.05, 3.63) is 32.3 Å². The maximum Gasteiger partial charge on any atom is 0.0164 e. The zero-order valence-electron chi connectivity index (χ0n) is 12.5.